The van der Waals surface area contributed by atoms with Crippen LogP contribution in [-0.2, 0) is 19.6 Å². The fourth-order valence-electron chi connectivity index (χ4n) is 3.60. The van der Waals surface area contributed by atoms with Gasteiger partial charge in [0.25, 0.3) is 0 Å². The number of nitrogens with two attached hydrogens (primary N) is 1. The van der Waals surface area contributed by atoms with Crippen molar-refractivity contribution < 1.29 is 17.9 Å². The van der Waals surface area contributed by atoms with Crippen LogP contribution in [0.15, 0.2) is 30.3 Å². The molecule has 2 N–H and O–H groups in total. The lowest BCUT2D eigenvalue weighted by Gasteiger charge is -2.23. The molecule has 0 aliphatic carbocycles. The third kappa shape index (κ3) is 3.00. The van der Waals surface area contributed by atoms with Crippen LogP contribution in [-0.4, -0.2) is 49.7 Å². The maximum atomic E-state index is 12.9. The van der Waals surface area contributed by atoms with Crippen LogP contribution in [0.4, 0.5) is 0 Å². The van der Waals surface area contributed by atoms with Gasteiger partial charge in [-0.15, -0.1) is 0 Å². The number of rotatable bonds is 4. The molecule has 2 aliphatic heterocycles. The van der Waals surface area contributed by atoms with Gasteiger partial charge in [0.1, 0.15) is 5.25 Å². The first-order chi connectivity index (χ1) is 10.9. The number of carbonyl (C=O) groups is 1. The molecular weight excluding hydrogens is 316 g/mol. The zero-order chi connectivity index (χ0) is 16.6. The Labute approximate surface area is 136 Å². The van der Waals surface area contributed by atoms with Gasteiger partial charge in [-0.2, -0.15) is 0 Å². The Morgan fingerprint density at radius 1 is 1.26 bits per heavy atom. The third-order valence-electron chi connectivity index (χ3n) is 4.93. The smallest absolute Gasteiger partial charge is 0.222 e. The molecule has 2 fully saturated rings. The van der Waals surface area contributed by atoms with Crippen LogP contribution in [0.2, 0.25) is 0 Å². The minimum Gasteiger partial charge on any atom is -0.377 e. The van der Waals surface area contributed by atoms with E-state index in [2.05, 4.69) is 0 Å². The molecular formula is C16H22N2O4S. The third-order valence-corrected chi connectivity index (χ3v) is 7.33. The number of carbonyl (C=O) groups excluding carboxylic acids is 1. The van der Waals surface area contributed by atoms with Crippen LogP contribution in [0.25, 0.3) is 0 Å². The van der Waals surface area contributed by atoms with E-state index in [0.29, 0.717) is 19.6 Å². The molecule has 3 rings (SSSR count). The number of nitrogens with zero attached hydrogens (tertiary/aromatic N) is 1. The van der Waals surface area contributed by atoms with Crippen molar-refractivity contribution in [3.05, 3.63) is 35.9 Å². The van der Waals surface area contributed by atoms with Gasteiger partial charge in [-0.05, 0) is 18.9 Å². The number of sulfonamides is 1. The first-order valence-electron chi connectivity index (χ1n) is 7.86. The fourth-order valence-corrected chi connectivity index (χ4v) is 5.67. The molecule has 2 heterocycles. The molecule has 0 aromatic heterocycles. The summed E-state index contributed by atoms with van der Waals surface area (Å²) in [4.78, 5) is 11.8. The molecule has 2 aliphatic rings. The van der Waals surface area contributed by atoms with Crippen LogP contribution in [0.3, 0.4) is 0 Å². The summed E-state index contributed by atoms with van der Waals surface area (Å²) in [6.07, 6.45) is 0.180. The van der Waals surface area contributed by atoms with Crippen molar-refractivity contribution in [2.75, 3.05) is 19.7 Å². The maximum Gasteiger partial charge on any atom is 0.222 e. The quantitative estimate of drug-likeness (QED) is 0.875. The predicted molar refractivity (Wildman–Crippen MR) is 86.2 cm³/mol. The van der Waals surface area contributed by atoms with Gasteiger partial charge in [0, 0.05) is 25.6 Å². The molecule has 2 unspecified atom stereocenters. The van der Waals surface area contributed by atoms with E-state index in [-0.39, 0.29) is 18.6 Å². The number of hydrogen-bond donors (Lipinski definition) is 1. The molecule has 6 nitrogen and oxygen atoms in total. The normalized spacial score (nSPS) is 32.2. The van der Waals surface area contributed by atoms with Crippen LogP contribution >= 0.6 is 0 Å². The average molecular weight is 338 g/mol. The molecule has 1 aromatic carbocycles. The number of ether oxygens (including phenoxy) is 1. The van der Waals surface area contributed by atoms with E-state index < -0.39 is 27.1 Å². The first-order valence-corrected chi connectivity index (χ1v) is 9.36. The molecule has 1 aromatic rings. The molecule has 0 radical (unpaired) electrons. The molecule has 0 saturated carbocycles. The van der Waals surface area contributed by atoms with Crippen molar-refractivity contribution in [2.45, 2.75) is 30.6 Å². The largest absolute Gasteiger partial charge is 0.377 e. The Balaban J connectivity index is 1.87. The number of amides is 1. The Morgan fingerprint density at radius 3 is 2.52 bits per heavy atom. The Hall–Kier alpha value is -1.44. The van der Waals surface area contributed by atoms with Gasteiger partial charge in [0.15, 0.2) is 0 Å². The summed E-state index contributed by atoms with van der Waals surface area (Å²) in [5.41, 5.74) is 6.48. The van der Waals surface area contributed by atoms with E-state index in [0.717, 1.165) is 5.56 Å². The lowest BCUT2D eigenvalue weighted by atomic mass is 9.89. The number of primary amides is 1. The SMILES string of the molecule is CC1OCCC1S(=O)(=O)N1C[C@H](C(N)=O)[C@@H](c2ccccc2)C1. The van der Waals surface area contributed by atoms with Crippen LogP contribution < -0.4 is 5.73 Å². The number of hydrogen-bond acceptors (Lipinski definition) is 4. The summed E-state index contributed by atoms with van der Waals surface area (Å²) in [7, 11) is -3.49. The maximum absolute atomic E-state index is 12.9. The van der Waals surface area contributed by atoms with E-state index >= 15 is 0 Å². The molecule has 1 amide bonds. The van der Waals surface area contributed by atoms with Crippen LogP contribution in [0, 0.1) is 5.92 Å². The summed E-state index contributed by atoms with van der Waals surface area (Å²) >= 11 is 0. The van der Waals surface area contributed by atoms with E-state index in [4.69, 9.17) is 10.5 Å². The Bertz CT molecular complexity index is 677. The first kappa shape index (κ1) is 16.4. The Morgan fingerprint density at radius 2 is 1.96 bits per heavy atom. The molecule has 0 bridgehead atoms. The van der Waals surface area contributed by atoms with Crippen molar-refractivity contribution in [2.24, 2.45) is 11.7 Å². The highest BCUT2D eigenvalue weighted by Crippen LogP contribution is 2.36. The standard InChI is InChI=1S/C16H22N2O4S/c1-11-15(7-8-22-11)23(20,21)18-9-13(14(10-18)16(17)19)12-5-3-2-4-6-12/h2-6,11,13-15H,7-10H2,1H3,(H2,17,19)/t11?,13-,14+,15?/m1/s1. The van der Waals surface area contributed by atoms with Crippen molar-refractivity contribution in [1.29, 1.82) is 0 Å². The monoisotopic (exact) mass is 338 g/mol. The van der Waals surface area contributed by atoms with Crippen molar-refractivity contribution >= 4 is 15.9 Å². The highest BCUT2D eigenvalue weighted by atomic mass is 32.2. The lowest BCUT2D eigenvalue weighted by molar-refractivity contribution is -0.121. The summed E-state index contributed by atoms with van der Waals surface area (Å²) in [6.45, 7) is 2.69. The second kappa shape index (κ2) is 6.22. The minimum absolute atomic E-state index is 0.153. The van der Waals surface area contributed by atoms with Crippen LogP contribution in [0.1, 0.15) is 24.8 Å². The molecule has 0 spiro atoms. The van der Waals surface area contributed by atoms with Gasteiger partial charge < -0.3 is 10.5 Å². The zero-order valence-electron chi connectivity index (χ0n) is 13.1. The van der Waals surface area contributed by atoms with E-state index in [1.165, 1.54) is 4.31 Å². The molecule has 23 heavy (non-hydrogen) atoms. The fraction of sp³-hybridized carbons (Fsp3) is 0.562. The van der Waals surface area contributed by atoms with Crippen LogP contribution in [0.5, 0.6) is 0 Å². The van der Waals surface area contributed by atoms with Crippen molar-refractivity contribution in [3.8, 4) is 0 Å². The van der Waals surface area contributed by atoms with Gasteiger partial charge in [0.05, 0.1) is 12.0 Å². The average Bonchev–Trinajstić information content (AvgIpc) is 3.15. The summed E-state index contributed by atoms with van der Waals surface area (Å²) in [6, 6.07) is 9.49. The minimum atomic E-state index is -3.49. The van der Waals surface area contributed by atoms with Crippen molar-refractivity contribution in [3.63, 3.8) is 0 Å². The molecule has 126 valence electrons. The van der Waals surface area contributed by atoms with Gasteiger partial charge in [-0.3, -0.25) is 4.79 Å². The number of benzene rings is 1. The lowest BCUT2D eigenvalue weighted by Crippen LogP contribution is -2.41. The summed E-state index contributed by atoms with van der Waals surface area (Å²) < 4.78 is 32.6. The Kier molecular flexibility index (Phi) is 4.44. The van der Waals surface area contributed by atoms with Gasteiger partial charge in [-0.25, -0.2) is 12.7 Å². The predicted octanol–water partition coefficient (Wildman–Crippen LogP) is 0.695. The van der Waals surface area contributed by atoms with E-state index in [9.17, 15) is 13.2 Å². The topological polar surface area (TPSA) is 89.7 Å². The molecule has 2 saturated heterocycles. The van der Waals surface area contributed by atoms with Gasteiger partial charge in [0.2, 0.25) is 15.9 Å². The highest BCUT2D eigenvalue weighted by molar-refractivity contribution is 7.89. The van der Waals surface area contributed by atoms with Crippen molar-refractivity contribution in [1.82, 2.24) is 4.31 Å². The van der Waals surface area contributed by atoms with E-state index in [1.54, 1.807) is 6.92 Å². The highest BCUT2D eigenvalue weighted by Gasteiger charge is 2.47. The van der Waals surface area contributed by atoms with Gasteiger partial charge in [-0.1, -0.05) is 30.3 Å². The summed E-state index contributed by atoms with van der Waals surface area (Å²) in [5, 5.41) is -0.537. The molecule has 4 atom stereocenters. The second-order valence-electron chi connectivity index (χ2n) is 6.29. The summed E-state index contributed by atoms with van der Waals surface area (Å²) in [5.74, 6) is -1.14. The second-order valence-corrected chi connectivity index (χ2v) is 8.44. The zero-order valence-corrected chi connectivity index (χ0v) is 13.9. The van der Waals surface area contributed by atoms with Gasteiger partial charge >= 0.3 is 0 Å². The molecule has 7 heteroatoms. The van der Waals surface area contributed by atoms with E-state index in [1.807, 2.05) is 30.3 Å².